The van der Waals surface area contributed by atoms with Crippen LogP contribution in [0.5, 0.6) is 11.5 Å². The van der Waals surface area contributed by atoms with Gasteiger partial charge >= 0.3 is 11.9 Å². The summed E-state index contributed by atoms with van der Waals surface area (Å²) in [5, 5.41) is 0. The number of carbonyl (C=O) groups excluding carboxylic acids is 2. The first-order valence-electron chi connectivity index (χ1n) is 7.73. The van der Waals surface area contributed by atoms with Crippen LogP contribution in [0.2, 0.25) is 0 Å². The van der Waals surface area contributed by atoms with Crippen molar-refractivity contribution in [2.75, 3.05) is 26.9 Å². The van der Waals surface area contributed by atoms with Crippen LogP contribution in [0.25, 0.3) is 0 Å². The van der Waals surface area contributed by atoms with Crippen LogP contribution < -0.4 is 9.47 Å². The van der Waals surface area contributed by atoms with Crippen LogP contribution in [0.1, 0.15) is 26.7 Å². The number of rotatable bonds is 10. The lowest BCUT2D eigenvalue weighted by molar-refractivity contribution is -0.162. The molecule has 6 nitrogen and oxygen atoms in total. The number of carbonyl (C=O) groups is 2. The number of benzene rings is 1. The summed E-state index contributed by atoms with van der Waals surface area (Å²) < 4.78 is 20.7. The van der Waals surface area contributed by atoms with Gasteiger partial charge in [0.05, 0.1) is 26.9 Å². The molecule has 0 bridgehead atoms. The molecule has 1 rings (SSSR count). The molecule has 23 heavy (non-hydrogen) atoms. The Bertz CT molecular complexity index is 482. The average Bonchev–Trinajstić information content (AvgIpc) is 2.55. The first-order chi connectivity index (χ1) is 11.1. The number of hydrogen-bond donors (Lipinski definition) is 0. The molecular weight excluding hydrogens is 300 g/mol. The highest BCUT2D eigenvalue weighted by molar-refractivity contribution is 5.94. The Balaban J connectivity index is 2.51. The zero-order valence-corrected chi connectivity index (χ0v) is 13.9. The first-order valence-corrected chi connectivity index (χ1v) is 7.73. The minimum Gasteiger partial charge on any atom is -0.493 e. The SMILES string of the molecule is CCOC(=O)C(CCCOc1ccccc1OC)C(=O)OCC. The predicted octanol–water partition coefficient (Wildman–Crippen LogP) is 2.60. The zero-order valence-electron chi connectivity index (χ0n) is 13.9. The van der Waals surface area contributed by atoms with Crippen LogP contribution in [0, 0.1) is 5.92 Å². The molecule has 0 unspecified atom stereocenters. The fourth-order valence-electron chi connectivity index (χ4n) is 2.03. The van der Waals surface area contributed by atoms with Gasteiger partial charge in [-0.25, -0.2) is 0 Å². The maximum absolute atomic E-state index is 11.8. The topological polar surface area (TPSA) is 71.1 Å². The van der Waals surface area contributed by atoms with Crippen molar-refractivity contribution in [2.24, 2.45) is 5.92 Å². The second-order valence-corrected chi connectivity index (χ2v) is 4.70. The molecule has 0 saturated carbocycles. The van der Waals surface area contributed by atoms with E-state index in [2.05, 4.69) is 0 Å². The Morgan fingerprint density at radius 1 is 1.00 bits per heavy atom. The molecule has 0 aromatic heterocycles. The Hall–Kier alpha value is -2.24. The molecular formula is C17H24O6. The third-order valence-corrected chi connectivity index (χ3v) is 3.11. The summed E-state index contributed by atoms with van der Waals surface area (Å²) in [6, 6.07) is 7.30. The van der Waals surface area contributed by atoms with E-state index in [1.807, 2.05) is 12.1 Å². The normalized spacial score (nSPS) is 10.3. The average molecular weight is 324 g/mol. The molecule has 0 amide bonds. The van der Waals surface area contributed by atoms with Crippen LogP contribution in [0.15, 0.2) is 24.3 Å². The van der Waals surface area contributed by atoms with Crippen molar-refractivity contribution in [2.45, 2.75) is 26.7 Å². The fraction of sp³-hybridized carbons (Fsp3) is 0.529. The highest BCUT2D eigenvalue weighted by Crippen LogP contribution is 2.26. The van der Waals surface area contributed by atoms with E-state index in [9.17, 15) is 9.59 Å². The molecule has 1 aromatic rings. The lowest BCUT2D eigenvalue weighted by atomic mass is 10.0. The summed E-state index contributed by atoms with van der Waals surface area (Å²) in [6.45, 7) is 4.21. The molecule has 0 spiro atoms. The predicted molar refractivity (Wildman–Crippen MR) is 84.5 cm³/mol. The summed E-state index contributed by atoms with van der Waals surface area (Å²) in [5.41, 5.74) is 0. The monoisotopic (exact) mass is 324 g/mol. The summed E-state index contributed by atoms with van der Waals surface area (Å²) in [6.07, 6.45) is 0.827. The van der Waals surface area contributed by atoms with Gasteiger partial charge in [-0.2, -0.15) is 0 Å². The summed E-state index contributed by atoms with van der Waals surface area (Å²) >= 11 is 0. The minimum atomic E-state index is -0.906. The van der Waals surface area contributed by atoms with Gasteiger partial charge in [-0.05, 0) is 38.8 Å². The maximum Gasteiger partial charge on any atom is 0.320 e. The maximum atomic E-state index is 11.8. The molecule has 0 aliphatic heterocycles. The Kier molecular flexibility index (Phi) is 8.57. The molecule has 0 fully saturated rings. The van der Waals surface area contributed by atoms with E-state index in [1.54, 1.807) is 33.1 Å². The second-order valence-electron chi connectivity index (χ2n) is 4.70. The van der Waals surface area contributed by atoms with Crippen LogP contribution in [-0.4, -0.2) is 38.9 Å². The van der Waals surface area contributed by atoms with Gasteiger partial charge in [0.25, 0.3) is 0 Å². The van der Waals surface area contributed by atoms with Gasteiger partial charge in [0.1, 0.15) is 0 Å². The fourth-order valence-corrected chi connectivity index (χ4v) is 2.03. The van der Waals surface area contributed by atoms with E-state index < -0.39 is 17.9 Å². The van der Waals surface area contributed by atoms with E-state index in [1.165, 1.54) is 0 Å². The standard InChI is InChI=1S/C17H24O6/c1-4-21-16(18)13(17(19)22-5-2)9-8-12-23-15-11-7-6-10-14(15)20-3/h6-7,10-11,13H,4-5,8-9,12H2,1-3H3. The molecule has 0 aliphatic rings. The summed E-state index contributed by atoms with van der Waals surface area (Å²) in [5.74, 6) is -0.749. The number of esters is 2. The lowest BCUT2D eigenvalue weighted by Crippen LogP contribution is -2.28. The van der Waals surface area contributed by atoms with Crippen molar-refractivity contribution >= 4 is 11.9 Å². The largest absolute Gasteiger partial charge is 0.493 e. The van der Waals surface area contributed by atoms with Crippen molar-refractivity contribution in [3.63, 3.8) is 0 Å². The number of ether oxygens (including phenoxy) is 4. The van der Waals surface area contributed by atoms with Crippen molar-refractivity contribution in [1.82, 2.24) is 0 Å². The Morgan fingerprint density at radius 3 is 2.09 bits per heavy atom. The van der Waals surface area contributed by atoms with Gasteiger partial charge in [-0.3, -0.25) is 9.59 Å². The van der Waals surface area contributed by atoms with E-state index in [-0.39, 0.29) is 13.2 Å². The van der Waals surface area contributed by atoms with Crippen molar-refractivity contribution in [3.8, 4) is 11.5 Å². The van der Waals surface area contributed by atoms with Gasteiger partial charge < -0.3 is 18.9 Å². The first kappa shape index (κ1) is 18.8. The molecule has 0 atom stereocenters. The molecule has 0 N–H and O–H groups in total. The van der Waals surface area contributed by atoms with Gasteiger partial charge in [0, 0.05) is 0 Å². The molecule has 1 aromatic carbocycles. The van der Waals surface area contributed by atoms with E-state index in [0.717, 1.165) is 0 Å². The van der Waals surface area contributed by atoms with Crippen molar-refractivity contribution in [1.29, 1.82) is 0 Å². The van der Waals surface area contributed by atoms with Gasteiger partial charge in [-0.1, -0.05) is 12.1 Å². The zero-order chi connectivity index (χ0) is 17.1. The number of para-hydroxylation sites is 2. The van der Waals surface area contributed by atoms with E-state index in [0.29, 0.717) is 30.9 Å². The quantitative estimate of drug-likeness (QED) is 0.374. The Morgan fingerprint density at radius 2 is 1.57 bits per heavy atom. The second kappa shape index (κ2) is 10.5. The molecule has 0 radical (unpaired) electrons. The molecule has 0 saturated heterocycles. The Labute approximate surface area is 136 Å². The highest BCUT2D eigenvalue weighted by Gasteiger charge is 2.28. The molecule has 128 valence electrons. The number of methoxy groups -OCH3 is 1. The van der Waals surface area contributed by atoms with Gasteiger partial charge in [0.2, 0.25) is 0 Å². The third-order valence-electron chi connectivity index (χ3n) is 3.11. The third kappa shape index (κ3) is 6.18. The lowest BCUT2D eigenvalue weighted by Gasteiger charge is -2.15. The summed E-state index contributed by atoms with van der Waals surface area (Å²) in [4.78, 5) is 23.7. The number of hydrogen-bond acceptors (Lipinski definition) is 6. The van der Waals surface area contributed by atoms with Crippen molar-refractivity contribution < 1.29 is 28.5 Å². The summed E-state index contributed by atoms with van der Waals surface area (Å²) in [7, 11) is 1.57. The van der Waals surface area contributed by atoms with Gasteiger partial charge in [0.15, 0.2) is 17.4 Å². The minimum absolute atomic E-state index is 0.229. The van der Waals surface area contributed by atoms with Crippen LogP contribution in [0.3, 0.4) is 0 Å². The van der Waals surface area contributed by atoms with Gasteiger partial charge in [-0.15, -0.1) is 0 Å². The van der Waals surface area contributed by atoms with Crippen LogP contribution >= 0.6 is 0 Å². The molecule has 6 heteroatoms. The van der Waals surface area contributed by atoms with Crippen LogP contribution in [-0.2, 0) is 19.1 Å². The smallest absolute Gasteiger partial charge is 0.320 e. The molecule has 0 heterocycles. The van der Waals surface area contributed by atoms with E-state index >= 15 is 0 Å². The van der Waals surface area contributed by atoms with E-state index in [4.69, 9.17) is 18.9 Å². The van der Waals surface area contributed by atoms with Crippen molar-refractivity contribution in [3.05, 3.63) is 24.3 Å². The molecule has 0 aliphatic carbocycles. The highest BCUT2D eigenvalue weighted by atomic mass is 16.6. The van der Waals surface area contributed by atoms with Crippen LogP contribution in [0.4, 0.5) is 0 Å².